The van der Waals surface area contributed by atoms with E-state index in [4.69, 9.17) is 0 Å². The van der Waals surface area contributed by atoms with Crippen molar-refractivity contribution in [2.45, 2.75) is 0 Å². The first-order chi connectivity index (χ1) is 5.29. The molecule has 0 amide bonds. The Morgan fingerprint density at radius 2 is 0.923 bits per heavy atom. The van der Waals surface area contributed by atoms with Crippen LogP contribution < -0.4 is 0 Å². The van der Waals surface area contributed by atoms with Crippen LogP contribution in [0.5, 0.6) is 0 Å². The van der Waals surface area contributed by atoms with Crippen LogP contribution >= 0.6 is 24.4 Å². The van der Waals surface area contributed by atoms with Crippen molar-refractivity contribution in [2.75, 3.05) is 28.2 Å². The van der Waals surface area contributed by atoms with Crippen LogP contribution in [0.1, 0.15) is 0 Å². The fraction of sp³-hybridized carbons (Fsp3) is 0.667. The van der Waals surface area contributed by atoms with Gasteiger partial charge in [0.15, 0.2) is 0 Å². The van der Waals surface area contributed by atoms with Crippen LogP contribution in [0.2, 0.25) is 0 Å². The van der Waals surface area contributed by atoms with Gasteiger partial charge >= 0.3 is 27.3 Å². The molecule has 0 spiro atoms. The van der Waals surface area contributed by atoms with Gasteiger partial charge in [0.05, 0.1) is 0 Å². The van der Waals surface area contributed by atoms with E-state index in [1.165, 1.54) is 0 Å². The van der Waals surface area contributed by atoms with Gasteiger partial charge in [0.2, 0.25) is 0 Å². The first-order valence-corrected chi connectivity index (χ1v) is 4.69. The second-order valence-electron chi connectivity index (χ2n) is 2.32. The van der Waals surface area contributed by atoms with Gasteiger partial charge in [-0.25, -0.2) is 0 Å². The van der Waals surface area contributed by atoms with E-state index in [9.17, 15) is 0 Å². The van der Waals surface area contributed by atoms with Crippen molar-refractivity contribution in [1.82, 2.24) is 9.80 Å². The van der Waals surface area contributed by atoms with Gasteiger partial charge in [0.25, 0.3) is 0 Å². The second-order valence-corrected chi connectivity index (χ2v) is 4.38. The van der Waals surface area contributed by atoms with E-state index in [0.29, 0.717) is 8.64 Å². The Hall–Kier alpha value is 1.14. The number of nitrogens with zero attached hydrogens (tertiary/aromatic N) is 2. The Bertz CT molecular complexity index is 143. The Kier molecular flexibility index (Phi) is 17.0. The summed E-state index contributed by atoms with van der Waals surface area (Å²) in [5.74, 6) is 0. The second kappa shape index (κ2) is 11.2. The summed E-state index contributed by atoms with van der Waals surface area (Å²) in [6.45, 7) is 0. The van der Waals surface area contributed by atoms with Crippen LogP contribution in [-0.2, 0) is 52.6 Å². The monoisotopic (exact) mass is 354 g/mol. The summed E-state index contributed by atoms with van der Waals surface area (Å²) < 4.78 is 1.02. The van der Waals surface area contributed by atoms with Crippen molar-refractivity contribution < 1.29 is 27.3 Å². The van der Waals surface area contributed by atoms with Gasteiger partial charge in [0, 0.05) is 28.2 Å². The Labute approximate surface area is 122 Å². The van der Waals surface area contributed by atoms with Gasteiger partial charge in [0.1, 0.15) is 0 Å². The molecular formula is C6H12CdN2S4. The molecule has 0 heterocycles. The molecule has 0 atom stereocenters. The maximum Gasteiger partial charge on any atom is 2.00 e. The molecule has 0 saturated carbocycles. The quantitative estimate of drug-likeness (QED) is 0.358. The molecule has 0 unspecified atom stereocenters. The van der Waals surface area contributed by atoms with E-state index in [-0.39, 0.29) is 27.3 Å². The summed E-state index contributed by atoms with van der Waals surface area (Å²) in [5, 5.41) is 0. The minimum atomic E-state index is 0. The number of rotatable bonds is 0. The fourth-order valence-corrected chi connectivity index (χ4v) is 0. The third-order valence-corrected chi connectivity index (χ3v) is 2.19. The van der Waals surface area contributed by atoms with E-state index in [1.54, 1.807) is 9.80 Å². The summed E-state index contributed by atoms with van der Waals surface area (Å²) in [6.07, 6.45) is 0. The standard InChI is InChI=1S/2C3H7NS2.Cd/c2*1-4(2)3(5)6;/h2*1-2H3,(H,5,6);/q;;+2/p-2. The van der Waals surface area contributed by atoms with Gasteiger partial charge in [-0.05, 0) is 0 Å². The predicted octanol–water partition coefficient (Wildman–Crippen LogP) is 0.757. The van der Waals surface area contributed by atoms with Gasteiger partial charge < -0.3 is 59.5 Å². The summed E-state index contributed by atoms with van der Waals surface area (Å²) in [5.41, 5.74) is 0. The Morgan fingerprint density at radius 1 is 0.846 bits per heavy atom. The molecule has 0 aromatic rings. The number of hydrogen-bond acceptors (Lipinski definition) is 4. The van der Waals surface area contributed by atoms with Crippen molar-refractivity contribution in [1.29, 1.82) is 0 Å². The molecule has 2 nitrogen and oxygen atoms in total. The van der Waals surface area contributed by atoms with Crippen molar-refractivity contribution in [2.24, 2.45) is 0 Å². The molecule has 13 heavy (non-hydrogen) atoms. The molecule has 72 valence electrons. The van der Waals surface area contributed by atoms with E-state index in [0.717, 1.165) is 0 Å². The van der Waals surface area contributed by atoms with E-state index < -0.39 is 0 Å². The molecule has 0 aromatic carbocycles. The van der Waals surface area contributed by atoms with Crippen molar-refractivity contribution in [3.8, 4) is 0 Å². The van der Waals surface area contributed by atoms with E-state index in [1.807, 2.05) is 28.2 Å². The molecule has 0 aromatic heterocycles. The minimum Gasteiger partial charge on any atom is -0.411 e. The van der Waals surface area contributed by atoms with Gasteiger partial charge in [-0.3, -0.25) is 0 Å². The zero-order valence-electron chi connectivity index (χ0n) is 8.23. The summed E-state index contributed by atoms with van der Waals surface area (Å²) in [7, 11) is 7.31. The van der Waals surface area contributed by atoms with E-state index >= 15 is 0 Å². The molecule has 0 fully saturated rings. The van der Waals surface area contributed by atoms with E-state index in [2.05, 4.69) is 49.7 Å². The maximum absolute atomic E-state index is 4.56. The van der Waals surface area contributed by atoms with Crippen molar-refractivity contribution in [3.63, 3.8) is 0 Å². The SMILES string of the molecule is CN(C)C(=S)[S-].CN(C)C(=S)[S-].[Cd+2]. The molecule has 7 heteroatoms. The first-order valence-electron chi connectivity index (χ1n) is 3.05. The van der Waals surface area contributed by atoms with Crippen LogP contribution in [0.15, 0.2) is 0 Å². The first kappa shape index (κ1) is 19.7. The number of hydrogen-bond donors (Lipinski definition) is 0. The largest absolute Gasteiger partial charge is 2.00 e. The third-order valence-electron chi connectivity index (χ3n) is 0.730. The zero-order valence-corrected chi connectivity index (χ0v) is 15.5. The molecule has 0 aliphatic carbocycles. The molecule has 0 N–H and O–H groups in total. The molecule has 0 radical (unpaired) electrons. The molecule has 0 aliphatic rings. The molecule has 0 bridgehead atoms. The number of thiocarbonyl (C=S) groups is 2. The Morgan fingerprint density at radius 3 is 0.923 bits per heavy atom. The molecule has 0 aliphatic heterocycles. The smallest absolute Gasteiger partial charge is 0.411 e. The van der Waals surface area contributed by atoms with Crippen molar-refractivity contribution >= 4 is 58.3 Å². The maximum atomic E-state index is 4.56. The van der Waals surface area contributed by atoms with Crippen LogP contribution in [0, 0.1) is 0 Å². The summed E-state index contributed by atoms with van der Waals surface area (Å²) in [4.78, 5) is 3.43. The molecular weight excluding hydrogens is 341 g/mol. The predicted molar refractivity (Wildman–Crippen MR) is 67.3 cm³/mol. The average Bonchev–Trinajstić information content (AvgIpc) is 1.88. The topological polar surface area (TPSA) is 6.48 Å². The summed E-state index contributed by atoms with van der Waals surface area (Å²) in [6, 6.07) is 0. The van der Waals surface area contributed by atoms with Gasteiger partial charge in [-0.15, -0.1) is 0 Å². The fourth-order valence-electron chi connectivity index (χ4n) is 0. The van der Waals surface area contributed by atoms with Gasteiger partial charge in [-0.2, -0.15) is 0 Å². The zero-order chi connectivity index (χ0) is 10.3. The Balaban J connectivity index is -0.000000143. The molecule has 0 saturated heterocycles. The van der Waals surface area contributed by atoms with Crippen LogP contribution in [-0.4, -0.2) is 46.6 Å². The van der Waals surface area contributed by atoms with Crippen LogP contribution in [0.4, 0.5) is 0 Å². The van der Waals surface area contributed by atoms with Gasteiger partial charge in [-0.1, -0.05) is 8.64 Å². The summed E-state index contributed by atoms with van der Waals surface area (Å²) >= 11 is 18.2. The average molecular weight is 353 g/mol. The van der Waals surface area contributed by atoms with Crippen LogP contribution in [0.25, 0.3) is 0 Å². The normalized spacial score (nSPS) is 7.08. The van der Waals surface area contributed by atoms with Crippen LogP contribution in [0.3, 0.4) is 0 Å². The van der Waals surface area contributed by atoms with Crippen molar-refractivity contribution in [3.05, 3.63) is 0 Å². The minimum absolute atomic E-state index is 0. The molecule has 0 rings (SSSR count). The third kappa shape index (κ3) is 19.5.